The Morgan fingerprint density at radius 3 is 2.87 bits per heavy atom. The second-order valence-electron chi connectivity index (χ2n) is 6.40. The van der Waals surface area contributed by atoms with Gasteiger partial charge >= 0.3 is 0 Å². The van der Waals surface area contributed by atoms with Crippen molar-refractivity contribution in [2.75, 3.05) is 7.05 Å². The van der Waals surface area contributed by atoms with Crippen LogP contribution in [-0.2, 0) is 13.1 Å². The van der Waals surface area contributed by atoms with Crippen LogP contribution in [0.5, 0.6) is 0 Å². The first-order chi connectivity index (χ1) is 11.2. The maximum Gasteiger partial charge on any atom is 0.123 e. The van der Waals surface area contributed by atoms with Gasteiger partial charge in [0.1, 0.15) is 5.82 Å². The van der Waals surface area contributed by atoms with Crippen LogP contribution in [0, 0.1) is 5.82 Å². The number of hydrogen-bond acceptors (Lipinski definition) is 3. The van der Waals surface area contributed by atoms with Gasteiger partial charge in [0.2, 0.25) is 0 Å². The van der Waals surface area contributed by atoms with Gasteiger partial charge in [0.05, 0.1) is 16.9 Å². The first-order valence-electron chi connectivity index (χ1n) is 7.95. The summed E-state index contributed by atoms with van der Waals surface area (Å²) in [5.74, 6) is 0.447. The van der Waals surface area contributed by atoms with Crippen LogP contribution in [-0.4, -0.2) is 27.1 Å². The lowest BCUT2D eigenvalue weighted by Crippen LogP contribution is -2.18. The third kappa shape index (κ3) is 3.24. The predicted molar refractivity (Wildman–Crippen MR) is 87.4 cm³/mol. The van der Waals surface area contributed by atoms with Crippen LogP contribution in [0.1, 0.15) is 35.8 Å². The van der Waals surface area contributed by atoms with E-state index in [4.69, 9.17) is 0 Å². The zero-order chi connectivity index (χ0) is 15.8. The van der Waals surface area contributed by atoms with E-state index < -0.39 is 0 Å². The van der Waals surface area contributed by atoms with Gasteiger partial charge in [0.25, 0.3) is 0 Å². The minimum atomic E-state index is -0.227. The molecule has 1 N–H and O–H groups in total. The lowest BCUT2D eigenvalue weighted by molar-refractivity contribution is 0.311. The van der Waals surface area contributed by atoms with E-state index in [-0.39, 0.29) is 5.82 Å². The smallest absolute Gasteiger partial charge is 0.123 e. The van der Waals surface area contributed by atoms with Crippen LogP contribution in [0.2, 0.25) is 0 Å². The molecule has 118 valence electrons. The Morgan fingerprint density at radius 1 is 1.17 bits per heavy atom. The molecule has 5 heteroatoms. The van der Waals surface area contributed by atoms with Crippen molar-refractivity contribution in [3.63, 3.8) is 0 Å². The number of pyridine rings is 1. The zero-order valence-corrected chi connectivity index (χ0v) is 13.1. The van der Waals surface area contributed by atoms with Crippen molar-refractivity contribution in [1.29, 1.82) is 0 Å². The number of aromatic amines is 1. The molecule has 3 aromatic rings. The van der Waals surface area contributed by atoms with Gasteiger partial charge in [-0.05, 0) is 50.2 Å². The van der Waals surface area contributed by atoms with E-state index in [9.17, 15) is 4.39 Å². The van der Waals surface area contributed by atoms with Crippen LogP contribution in [0.15, 0.2) is 36.4 Å². The third-order valence-electron chi connectivity index (χ3n) is 4.23. The number of nitrogens with one attached hydrogen (secondary N) is 1. The Hall–Kier alpha value is -2.27. The van der Waals surface area contributed by atoms with Gasteiger partial charge < -0.3 is 0 Å². The van der Waals surface area contributed by atoms with Gasteiger partial charge in [-0.15, -0.1) is 0 Å². The Balaban J connectivity index is 1.44. The maximum atomic E-state index is 13.2. The molecule has 0 unspecified atom stereocenters. The first-order valence-corrected chi connectivity index (χ1v) is 7.95. The highest BCUT2D eigenvalue weighted by molar-refractivity contribution is 5.78. The molecule has 23 heavy (non-hydrogen) atoms. The number of hydrogen-bond donors (Lipinski definition) is 1. The Bertz CT molecular complexity index is 838. The highest BCUT2D eigenvalue weighted by Crippen LogP contribution is 2.39. The lowest BCUT2D eigenvalue weighted by Gasteiger charge is -2.15. The van der Waals surface area contributed by atoms with Gasteiger partial charge in [-0.1, -0.05) is 6.07 Å². The number of rotatable bonds is 5. The summed E-state index contributed by atoms with van der Waals surface area (Å²) in [7, 11) is 2.06. The summed E-state index contributed by atoms with van der Waals surface area (Å²) in [5.41, 5.74) is 4.14. The SMILES string of the molecule is CN(Cc1ccc2cc(F)ccc2n1)Cc1cc(C2CC2)n[nH]1. The number of benzene rings is 1. The molecule has 0 bridgehead atoms. The van der Waals surface area contributed by atoms with Crippen LogP contribution in [0.3, 0.4) is 0 Å². The van der Waals surface area contributed by atoms with Gasteiger partial charge in [-0.3, -0.25) is 15.0 Å². The van der Waals surface area contributed by atoms with E-state index >= 15 is 0 Å². The topological polar surface area (TPSA) is 44.8 Å². The van der Waals surface area contributed by atoms with Gasteiger partial charge in [-0.2, -0.15) is 5.10 Å². The van der Waals surface area contributed by atoms with E-state index in [1.54, 1.807) is 6.07 Å². The van der Waals surface area contributed by atoms with Crippen molar-refractivity contribution in [2.45, 2.75) is 31.8 Å². The molecule has 2 aromatic heterocycles. The number of fused-ring (bicyclic) bond motifs is 1. The quantitative estimate of drug-likeness (QED) is 0.783. The minimum absolute atomic E-state index is 0.227. The highest BCUT2D eigenvalue weighted by atomic mass is 19.1. The fraction of sp³-hybridized carbons (Fsp3) is 0.333. The summed E-state index contributed by atoms with van der Waals surface area (Å²) in [6, 6.07) is 10.7. The second-order valence-corrected chi connectivity index (χ2v) is 6.40. The molecule has 0 saturated heterocycles. The van der Waals surface area contributed by atoms with Crippen molar-refractivity contribution in [3.05, 3.63) is 59.3 Å². The zero-order valence-electron chi connectivity index (χ0n) is 13.1. The molecule has 0 amide bonds. The molecule has 1 saturated carbocycles. The minimum Gasteiger partial charge on any atom is -0.295 e. The fourth-order valence-electron chi connectivity index (χ4n) is 2.90. The molecular weight excluding hydrogens is 291 g/mol. The van der Waals surface area contributed by atoms with E-state index in [1.165, 1.54) is 30.7 Å². The third-order valence-corrected chi connectivity index (χ3v) is 4.23. The average Bonchev–Trinajstić information content (AvgIpc) is 3.28. The Labute approximate surface area is 134 Å². The van der Waals surface area contributed by atoms with Crippen LogP contribution >= 0.6 is 0 Å². The van der Waals surface area contributed by atoms with Gasteiger partial charge in [-0.25, -0.2) is 4.39 Å². The number of H-pyrrole nitrogens is 1. The van der Waals surface area contributed by atoms with E-state index in [0.29, 0.717) is 5.92 Å². The number of aromatic nitrogens is 3. The second kappa shape index (κ2) is 5.74. The Morgan fingerprint density at radius 2 is 2.04 bits per heavy atom. The molecule has 1 aromatic carbocycles. The molecule has 1 aliphatic carbocycles. The molecule has 0 radical (unpaired) electrons. The van der Waals surface area contributed by atoms with Crippen molar-refractivity contribution in [2.24, 2.45) is 0 Å². The van der Waals surface area contributed by atoms with Crippen LogP contribution in [0.25, 0.3) is 10.9 Å². The van der Waals surface area contributed by atoms with Crippen molar-refractivity contribution < 1.29 is 4.39 Å². The summed E-state index contributed by atoms with van der Waals surface area (Å²) in [4.78, 5) is 6.80. The molecule has 2 heterocycles. The Kier molecular flexibility index (Phi) is 3.58. The average molecular weight is 310 g/mol. The molecule has 0 atom stereocenters. The fourth-order valence-corrected chi connectivity index (χ4v) is 2.90. The van der Waals surface area contributed by atoms with Crippen molar-refractivity contribution in [1.82, 2.24) is 20.1 Å². The summed E-state index contributed by atoms with van der Waals surface area (Å²) in [5, 5.41) is 8.34. The first kappa shape index (κ1) is 14.3. The molecule has 0 spiro atoms. The normalized spacial score (nSPS) is 14.7. The van der Waals surface area contributed by atoms with E-state index in [1.807, 2.05) is 12.1 Å². The van der Waals surface area contributed by atoms with Crippen LogP contribution in [0.4, 0.5) is 4.39 Å². The number of nitrogens with zero attached hydrogens (tertiary/aromatic N) is 3. The molecular formula is C18H19FN4. The monoisotopic (exact) mass is 310 g/mol. The summed E-state index contributed by atoms with van der Waals surface area (Å²) >= 11 is 0. The molecule has 4 rings (SSSR count). The highest BCUT2D eigenvalue weighted by Gasteiger charge is 2.26. The molecule has 4 nitrogen and oxygen atoms in total. The summed E-state index contributed by atoms with van der Waals surface area (Å²) in [6.45, 7) is 1.55. The van der Waals surface area contributed by atoms with Crippen molar-refractivity contribution >= 4 is 10.9 Å². The number of halogens is 1. The van der Waals surface area contributed by atoms with Gasteiger partial charge in [0, 0.05) is 30.1 Å². The molecule has 1 fully saturated rings. The maximum absolute atomic E-state index is 13.2. The van der Waals surface area contributed by atoms with Gasteiger partial charge in [0.15, 0.2) is 0 Å². The lowest BCUT2D eigenvalue weighted by atomic mass is 10.2. The largest absolute Gasteiger partial charge is 0.295 e. The summed E-state index contributed by atoms with van der Waals surface area (Å²) in [6.07, 6.45) is 2.53. The standard InChI is InChI=1S/C18H19FN4/c1-23(11-16-9-18(22-21-16)12-2-3-12)10-15-6-4-13-8-14(19)5-7-17(13)20-15/h4-9,12H,2-3,10-11H2,1H3,(H,21,22). The van der Waals surface area contributed by atoms with Crippen molar-refractivity contribution in [3.8, 4) is 0 Å². The molecule has 1 aliphatic rings. The van der Waals surface area contributed by atoms with E-state index in [0.717, 1.165) is 35.4 Å². The van der Waals surface area contributed by atoms with E-state index in [2.05, 4.69) is 33.2 Å². The summed E-state index contributed by atoms with van der Waals surface area (Å²) < 4.78 is 13.2. The predicted octanol–water partition coefficient (Wildman–Crippen LogP) is 3.61. The van der Waals surface area contributed by atoms with Crippen LogP contribution < -0.4 is 0 Å². The molecule has 0 aliphatic heterocycles.